The van der Waals surface area contributed by atoms with Gasteiger partial charge in [-0.1, -0.05) is 55.6 Å². The van der Waals surface area contributed by atoms with Crippen molar-refractivity contribution in [2.24, 2.45) is 0 Å². The Kier molecular flexibility index (Phi) is 7.03. The van der Waals surface area contributed by atoms with E-state index in [4.69, 9.17) is 11.6 Å². The monoisotopic (exact) mass is 427 g/mol. The van der Waals surface area contributed by atoms with Crippen molar-refractivity contribution in [3.05, 3.63) is 69.6 Å². The third-order valence-electron chi connectivity index (χ3n) is 4.43. The molecule has 0 bridgehead atoms. The molecule has 0 aliphatic carbocycles. The zero-order valence-electron chi connectivity index (χ0n) is 16.4. The number of urea groups is 1. The number of rotatable bonds is 6. The molecule has 0 fully saturated rings. The summed E-state index contributed by atoms with van der Waals surface area (Å²) in [6, 6.07) is 12.7. The lowest BCUT2D eigenvalue weighted by Crippen LogP contribution is -2.44. The number of benzene rings is 2. The van der Waals surface area contributed by atoms with E-state index in [1.807, 2.05) is 0 Å². The second kappa shape index (κ2) is 9.89. The molecule has 0 saturated carbocycles. The van der Waals surface area contributed by atoms with Gasteiger partial charge >= 0.3 is 6.03 Å². The van der Waals surface area contributed by atoms with Crippen LogP contribution >= 0.6 is 11.6 Å². The minimum absolute atomic E-state index is 0.0600. The van der Waals surface area contributed by atoms with E-state index in [-0.39, 0.29) is 11.3 Å². The van der Waals surface area contributed by atoms with Crippen LogP contribution in [0.5, 0.6) is 0 Å². The topological polar surface area (TPSA) is 105 Å². The van der Waals surface area contributed by atoms with Gasteiger partial charge in [-0.15, -0.1) is 0 Å². The molecule has 2 aromatic carbocycles. The van der Waals surface area contributed by atoms with Crippen molar-refractivity contribution < 1.29 is 9.59 Å². The number of hydrogen-bond acceptors (Lipinski definition) is 4. The number of carbonyl (C=O) groups excluding carboxylic acids is 2. The molecular formula is C21H22ClN5O3. The van der Waals surface area contributed by atoms with Crippen LogP contribution in [0.15, 0.2) is 53.3 Å². The molecule has 0 unspecified atom stereocenters. The van der Waals surface area contributed by atoms with Crippen LogP contribution in [0.2, 0.25) is 5.02 Å². The van der Waals surface area contributed by atoms with Crippen LogP contribution < -0.4 is 21.7 Å². The number of hydrogen-bond donors (Lipinski definition) is 3. The molecule has 9 heteroatoms. The maximum absolute atomic E-state index is 12.7. The van der Waals surface area contributed by atoms with Gasteiger partial charge in [-0.2, -0.15) is 5.10 Å². The van der Waals surface area contributed by atoms with E-state index in [2.05, 4.69) is 28.2 Å². The summed E-state index contributed by atoms with van der Waals surface area (Å²) in [6.07, 6.45) is 2.73. The second-order valence-electron chi connectivity index (χ2n) is 6.67. The van der Waals surface area contributed by atoms with Gasteiger partial charge < -0.3 is 5.32 Å². The maximum Gasteiger partial charge on any atom is 0.337 e. The normalized spacial score (nSPS) is 10.6. The Hall–Kier alpha value is -3.39. The molecule has 3 aromatic rings. The summed E-state index contributed by atoms with van der Waals surface area (Å²) in [7, 11) is 0. The molecule has 0 aliphatic rings. The fourth-order valence-corrected chi connectivity index (χ4v) is 3.16. The van der Waals surface area contributed by atoms with Crippen LogP contribution in [0, 0.1) is 0 Å². The van der Waals surface area contributed by atoms with Gasteiger partial charge in [-0.25, -0.2) is 14.9 Å². The van der Waals surface area contributed by atoms with E-state index >= 15 is 0 Å². The number of aryl methyl sites for hydroxylation is 1. The summed E-state index contributed by atoms with van der Waals surface area (Å²) in [5, 5.41) is 8.10. The number of hydrazine groups is 1. The third kappa shape index (κ3) is 5.15. The number of nitrogens with zero attached hydrogens (tertiary/aromatic N) is 2. The molecule has 3 amide bonds. The lowest BCUT2D eigenvalue weighted by molar-refractivity contribution is 0.0932. The van der Waals surface area contributed by atoms with Crippen molar-refractivity contribution in [3.8, 4) is 0 Å². The summed E-state index contributed by atoms with van der Waals surface area (Å²) in [5.74, 6) is -0.628. The van der Waals surface area contributed by atoms with E-state index in [0.717, 1.165) is 19.3 Å². The summed E-state index contributed by atoms with van der Waals surface area (Å²) in [6.45, 7) is 2.48. The Bertz CT molecular complexity index is 1130. The van der Waals surface area contributed by atoms with Crippen LogP contribution in [-0.2, 0) is 6.54 Å². The number of carbonyl (C=O) groups is 2. The average Bonchev–Trinajstić information content (AvgIpc) is 2.74. The zero-order chi connectivity index (χ0) is 21.5. The molecular weight excluding hydrogens is 406 g/mol. The van der Waals surface area contributed by atoms with Gasteiger partial charge in [0.1, 0.15) is 0 Å². The lowest BCUT2D eigenvalue weighted by atomic mass is 10.1. The van der Waals surface area contributed by atoms with Crippen LogP contribution in [-0.4, -0.2) is 21.7 Å². The SMILES string of the molecule is CCCCCn1nc(C(=O)NNC(=O)Nc2cccc(Cl)c2)c2ccccc2c1=O. The highest BCUT2D eigenvalue weighted by atomic mass is 35.5. The van der Waals surface area contributed by atoms with E-state index in [1.165, 1.54) is 4.68 Å². The zero-order valence-corrected chi connectivity index (χ0v) is 17.2. The van der Waals surface area contributed by atoms with Crippen molar-refractivity contribution in [1.82, 2.24) is 20.6 Å². The maximum atomic E-state index is 12.7. The first-order valence-electron chi connectivity index (χ1n) is 9.62. The number of amides is 3. The Balaban J connectivity index is 1.77. The Labute approximate surface area is 178 Å². The fraction of sp³-hybridized carbons (Fsp3) is 0.238. The average molecular weight is 428 g/mol. The molecule has 3 N–H and O–H groups in total. The molecule has 8 nitrogen and oxygen atoms in total. The second-order valence-corrected chi connectivity index (χ2v) is 7.11. The van der Waals surface area contributed by atoms with Crippen molar-refractivity contribution in [2.45, 2.75) is 32.7 Å². The molecule has 1 heterocycles. The molecule has 0 saturated heterocycles. The molecule has 0 spiro atoms. The van der Waals surface area contributed by atoms with Gasteiger partial charge in [0.2, 0.25) is 0 Å². The summed E-state index contributed by atoms with van der Waals surface area (Å²) < 4.78 is 1.30. The lowest BCUT2D eigenvalue weighted by Gasteiger charge is -2.12. The van der Waals surface area contributed by atoms with Gasteiger partial charge in [-0.3, -0.25) is 15.0 Å². The van der Waals surface area contributed by atoms with Crippen LogP contribution in [0.4, 0.5) is 10.5 Å². The van der Waals surface area contributed by atoms with Gasteiger partial charge in [0.15, 0.2) is 5.69 Å². The number of unbranched alkanes of at least 4 members (excludes halogenated alkanes) is 2. The summed E-state index contributed by atoms with van der Waals surface area (Å²) >= 11 is 5.89. The molecule has 0 radical (unpaired) electrons. The Morgan fingerprint density at radius 3 is 2.53 bits per heavy atom. The molecule has 0 aliphatic heterocycles. The van der Waals surface area contributed by atoms with Gasteiger partial charge in [0.25, 0.3) is 11.5 Å². The smallest absolute Gasteiger partial charge is 0.307 e. The van der Waals surface area contributed by atoms with E-state index in [0.29, 0.717) is 28.0 Å². The van der Waals surface area contributed by atoms with Crippen molar-refractivity contribution in [3.63, 3.8) is 0 Å². The summed E-state index contributed by atoms with van der Waals surface area (Å²) in [4.78, 5) is 37.4. The minimum atomic E-state index is -0.647. The highest BCUT2D eigenvalue weighted by molar-refractivity contribution is 6.30. The molecule has 0 atom stereocenters. The molecule has 30 heavy (non-hydrogen) atoms. The summed E-state index contributed by atoms with van der Waals surface area (Å²) in [5.41, 5.74) is 4.90. The number of nitrogens with one attached hydrogen (secondary N) is 3. The highest BCUT2D eigenvalue weighted by Gasteiger charge is 2.17. The van der Waals surface area contributed by atoms with Crippen molar-refractivity contribution >= 4 is 40.0 Å². The quantitative estimate of drug-likeness (QED) is 0.412. The predicted molar refractivity (Wildman–Crippen MR) is 117 cm³/mol. The molecule has 3 rings (SSSR count). The van der Waals surface area contributed by atoms with Gasteiger partial charge in [0, 0.05) is 22.6 Å². The number of fused-ring (bicyclic) bond motifs is 1. The minimum Gasteiger partial charge on any atom is -0.307 e. The van der Waals surface area contributed by atoms with E-state index in [1.54, 1.807) is 48.5 Å². The fourth-order valence-electron chi connectivity index (χ4n) is 2.97. The van der Waals surface area contributed by atoms with Crippen LogP contribution in [0.1, 0.15) is 36.7 Å². The molecule has 1 aromatic heterocycles. The number of halogens is 1. The van der Waals surface area contributed by atoms with Crippen LogP contribution in [0.3, 0.4) is 0 Å². The number of aromatic nitrogens is 2. The van der Waals surface area contributed by atoms with Crippen molar-refractivity contribution in [1.29, 1.82) is 0 Å². The first-order chi connectivity index (χ1) is 14.5. The largest absolute Gasteiger partial charge is 0.337 e. The van der Waals surface area contributed by atoms with Crippen molar-refractivity contribution in [2.75, 3.05) is 5.32 Å². The van der Waals surface area contributed by atoms with E-state index < -0.39 is 11.9 Å². The standard InChI is InChI=1S/C21H22ClN5O3/c1-2-3-6-12-27-20(29)17-11-5-4-10-16(17)18(26-27)19(28)24-25-21(30)23-15-9-7-8-14(22)13-15/h4-5,7-11,13H,2-3,6,12H2,1H3,(H,24,28)(H2,23,25,30). The predicted octanol–water partition coefficient (Wildman–Crippen LogP) is 3.71. The van der Waals surface area contributed by atoms with Gasteiger partial charge in [-0.05, 0) is 30.7 Å². The third-order valence-corrected chi connectivity index (χ3v) is 4.66. The highest BCUT2D eigenvalue weighted by Crippen LogP contribution is 2.15. The Morgan fingerprint density at radius 1 is 1.03 bits per heavy atom. The first-order valence-corrected chi connectivity index (χ1v) is 10.00. The first kappa shape index (κ1) is 21.3. The van der Waals surface area contributed by atoms with E-state index in [9.17, 15) is 14.4 Å². The van der Waals surface area contributed by atoms with Crippen LogP contribution in [0.25, 0.3) is 10.8 Å². The number of anilines is 1. The van der Waals surface area contributed by atoms with Gasteiger partial charge in [0.05, 0.1) is 5.39 Å². The molecule has 156 valence electrons. The Morgan fingerprint density at radius 2 is 1.80 bits per heavy atom.